The van der Waals surface area contributed by atoms with E-state index in [1.54, 1.807) is 0 Å². The maximum atomic E-state index is 3.34. The average Bonchev–Trinajstić information content (AvgIpc) is 2.24. The first-order chi connectivity index (χ1) is 6.93. The van der Waals surface area contributed by atoms with Crippen LogP contribution in [0.4, 0.5) is 0 Å². The summed E-state index contributed by atoms with van der Waals surface area (Å²) < 4.78 is 0. The molecule has 1 rings (SSSR count). The summed E-state index contributed by atoms with van der Waals surface area (Å²) >= 11 is 0. The van der Waals surface area contributed by atoms with E-state index in [0.29, 0.717) is 0 Å². The molecule has 0 heterocycles. The lowest BCUT2D eigenvalue weighted by Gasteiger charge is -2.15. The zero-order valence-corrected chi connectivity index (χ0v) is 9.86. The summed E-state index contributed by atoms with van der Waals surface area (Å²) in [6.45, 7) is 1.24. The molecule has 1 aliphatic rings. The summed E-state index contributed by atoms with van der Waals surface area (Å²) in [5.41, 5.74) is 0. The molecule has 1 saturated carbocycles. The molecule has 1 fully saturated rings. The Morgan fingerprint density at radius 2 is 1.21 bits per heavy atom. The second-order valence-electron chi connectivity index (χ2n) is 4.83. The van der Waals surface area contributed by atoms with Crippen molar-refractivity contribution < 1.29 is 0 Å². The first-order valence-corrected chi connectivity index (χ1v) is 6.58. The van der Waals surface area contributed by atoms with E-state index in [0.717, 1.165) is 5.92 Å². The molecule has 0 aromatic rings. The topological polar surface area (TPSA) is 12.0 Å². The predicted octanol–water partition coefficient (Wildman–Crippen LogP) is 3.74. The predicted molar refractivity (Wildman–Crippen MR) is 63.6 cm³/mol. The van der Waals surface area contributed by atoms with Gasteiger partial charge in [-0.15, -0.1) is 0 Å². The Bertz CT molecular complexity index is 110. The van der Waals surface area contributed by atoms with Crippen molar-refractivity contribution in [1.82, 2.24) is 5.32 Å². The second kappa shape index (κ2) is 8.28. The maximum absolute atomic E-state index is 3.34. The van der Waals surface area contributed by atoms with Gasteiger partial charge in [-0.05, 0) is 32.4 Å². The van der Waals surface area contributed by atoms with Crippen LogP contribution in [0.3, 0.4) is 0 Å². The SMILES string of the molecule is CNCC1CCCCCCCCCC1. The Hall–Kier alpha value is -0.0400. The molecule has 0 atom stereocenters. The van der Waals surface area contributed by atoms with Crippen LogP contribution in [0.5, 0.6) is 0 Å². The summed E-state index contributed by atoms with van der Waals surface area (Å²) in [5, 5.41) is 3.34. The van der Waals surface area contributed by atoms with Crippen LogP contribution in [0.2, 0.25) is 0 Å². The lowest BCUT2D eigenvalue weighted by molar-refractivity contribution is 0.401. The molecule has 14 heavy (non-hydrogen) atoms. The van der Waals surface area contributed by atoms with Gasteiger partial charge in [-0.3, -0.25) is 0 Å². The van der Waals surface area contributed by atoms with Crippen LogP contribution < -0.4 is 5.32 Å². The van der Waals surface area contributed by atoms with E-state index in [4.69, 9.17) is 0 Å². The van der Waals surface area contributed by atoms with Crippen molar-refractivity contribution in [2.45, 2.75) is 64.2 Å². The van der Waals surface area contributed by atoms with Crippen LogP contribution in [0.15, 0.2) is 0 Å². The van der Waals surface area contributed by atoms with Gasteiger partial charge in [0.15, 0.2) is 0 Å². The molecule has 0 aromatic heterocycles. The van der Waals surface area contributed by atoms with Gasteiger partial charge < -0.3 is 5.32 Å². The van der Waals surface area contributed by atoms with Crippen LogP contribution in [0.1, 0.15) is 64.2 Å². The highest BCUT2D eigenvalue weighted by molar-refractivity contribution is 4.63. The number of nitrogens with one attached hydrogen (secondary N) is 1. The van der Waals surface area contributed by atoms with Crippen molar-refractivity contribution in [3.8, 4) is 0 Å². The van der Waals surface area contributed by atoms with Gasteiger partial charge in [-0.2, -0.15) is 0 Å². The first kappa shape index (κ1) is 12.0. The fraction of sp³-hybridized carbons (Fsp3) is 1.00. The summed E-state index contributed by atoms with van der Waals surface area (Å²) in [7, 11) is 2.09. The highest BCUT2D eigenvalue weighted by Gasteiger charge is 2.08. The van der Waals surface area contributed by atoms with Gasteiger partial charge in [0, 0.05) is 0 Å². The summed E-state index contributed by atoms with van der Waals surface area (Å²) in [6.07, 6.45) is 14.7. The van der Waals surface area contributed by atoms with Gasteiger partial charge in [0.05, 0.1) is 0 Å². The fourth-order valence-corrected chi connectivity index (χ4v) is 2.56. The molecule has 1 N–H and O–H groups in total. The molecule has 0 aromatic carbocycles. The Balaban J connectivity index is 2.20. The van der Waals surface area contributed by atoms with Gasteiger partial charge in [-0.1, -0.05) is 51.4 Å². The lowest BCUT2D eigenvalue weighted by Crippen LogP contribution is -2.18. The third kappa shape index (κ3) is 5.64. The van der Waals surface area contributed by atoms with Crippen molar-refractivity contribution in [2.75, 3.05) is 13.6 Å². The molecule has 1 aliphatic carbocycles. The van der Waals surface area contributed by atoms with Crippen LogP contribution in [0.25, 0.3) is 0 Å². The molecule has 0 bridgehead atoms. The number of hydrogen-bond donors (Lipinski definition) is 1. The number of rotatable bonds is 2. The van der Waals surface area contributed by atoms with Gasteiger partial charge in [0.2, 0.25) is 0 Å². The molecule has 0 aliphatic heterocycles. The molecule has 0 saturated heterocycles. The molecule has 1 nitrogen and oxygen atoms in total. The molecule has 0 unspecified atom stereocenters. The van der Waals surface area contributed by atoms with Crippen molar-refractivity contribution in [3.05, 3.63) is 0 Å². The molecule has 84 valence electrons. The quantitative estimate of drug-likeness (QED) is 0.711. The monoisotopic (exact) mass is 197 g/mol. The summed E-state index contributed by atoms with van der Waals surface area (Å²) in [4.78, 5) is 0. The molecule has 1 heteroatoms. The molecule has 0 amide bonds. The zero-order chi connectivity index (χ0) is 10.1. The maximum Gasteiger partial charge on any atom is -0.00235 e. The normalized spacial score (nSPS) is 22.9. The van der Waals surface area contributed by atoms with Crippen LogP contribution >= 0.6 is 0 Å². The largest absolute Gasteiger partial charge is 0.319 e. The van der Waals surface area contributed by atoms with Gasteiger partial charge in [0.1, 0.15) is 0 Å². The molecule has 0 spiro atoms. The van der Waals surface area contributed by atoms with E-state index in [1.165, 1.54) is 70.8 Å². The van der Waals surface area contributed by atoms with Crippen LogP contribution in [-0.4, -0.2) is 13.6 Å². The zero-order valence-electron chi connectivity index (χ0n) is 9.86. The Labute approximate surface area is 89.7 Å². The van der Waals surface area contributed by atoms with E-state index in [9.17, 15) is 0 Å². The van der Waals surface area contributed by atoms with Crippen molar-refractivity contribution in [1.29, 1.82) is 0 Å². The van der Waals surface area contributed by atoms with Crippen molar-refractivity contribution >= 4 is 0 Å². The minimum atomic E-state index is 0.957. The smallest absolute Gasteiger partial charge is 0.00235 e. The molecular formula is C13H27N. The van der Waals surface area contributed by atoms with Gasteiger partial charge >= 0.3 is 0 Å². The minimum Gasteiger partial charge on any atom is -0.319 e. The van der Waals surface area contributed by atoms with Gasteiger partial charge in [0.25, 0.3) is 0 Å². The highest BCUT2D eigenvalue weighted by atomic mass is 14.8. The van der Waals surface area contributed by atoms with E-state index in [1.807, 2.05) is 0 Å². The number of hydrogen-bond acceptors (Lipinski definition) is 1. The van der Waals surface area contributed by atoms with Crippen molar-refractivity contribution in [2.24, 2.45) is 5.92 Å². The van der Waals surface area contributed by atoms with Crippen LogP contribution in [0, 0.1) is 5.92 Å². The Kier molecular flexibility index (Phi) is 7.12. The van der Waals surface area contributed by atoms with E-state index < -0.39 is 0 Å². The highest BCUT2D eigenvalue weighted by Crippen LogP contribution is 2.20. The van der Waals surface area contributed by atoms with Gasteiger partial charge in [-0.25, -0.2) is 0 Å². The summed E-state index contributed by atoms with van der Waals surface area (Å²) in [5.74, 6) is 0.957. The van der Waals surface area contributed by atoms with Crippen LogP contribution in [-0.2, 0) is 0 Å². The second-order valence-corrected chi connectivity index (χ2v) is 4.83. The molecular weight excluding hydrogens is 170 g/mol. The summed E-state index contributed by atoms with van der Waals surface area (Å²) in [6, 6.07) is 0. The third-order valence-electron chi connectivity index (χ3n) is 3.47. The Morgan fingerprint density at radius 1 is 0.786 bits per heavy atom. The lowest BCUT2D eigenvalue weighted by atomic mass is 9.95. The third-order valence-corrected chi connectivity index (χ3v) is 3.47. The van der Waals surface area contributed by atoms with Crippen molar-refractivity contribution in [3.63, 3.8) is 0 Å². The fourth-order valence-electron chi connectivity index (χ4n) is 2.56. The first-order valence-electron chi connectivity index (χ1n) is 6.58. The van der Waals surface area contributed by atoms with E-state index in [-0.39, 0.29) is 0 Å². The standard InChI is InChI=1S/C13H27N/c1-14-12-13-10-8-6-4-2-3-5-7-9-11-13/h13-14H,2-12H2,1H3. The Morgan fingerprint density at radius 3 is 1.64 bits per heavy atom. The average molecular weight is 197 g/mol. The minimum absolute atomic E-state index is 0.957. The molecule has 0 radical (unpaired) electrons. The van der Waals surface area contributed by atoms with E-state index in [2.05, 4.69) is 12.4 Å². The van der Waals surface area contributed by atoms with E-state index >= 15 is 0 Å².